The molecule has 2 aromatic carbocycles. The molecule has 1 unspecified atom stereocenters. The van der Waals surface area contributed by atoms with Gasteiger partial charge < -0.3 is 0 Å². The molecule has 0 spiro atoms. The molecule has 1 aliphatic carbocycles. The van der Waals surface area contributed by atoms with Gasteiger partial charge in [-0.05, 0) is 79.5 Å². The lowest BCUT2D eigenvalue weighted by molar-refractivity contribution is 0.516. The Morgan fingerprint density at radius 2 is 1.94 bits per heavy atom. The van der Waals surface area contributed by atoms with Gasteiger partial charge in [-0.1, -0.05) is 36.4 Å². The van der Waals surface area contributed by atoms with E-state index in [-0.39, 0.29) is 0 Å². The van der Waals surface area contributed by atoms with Crippen molar-refractivity contribution in [2.24, 2.45) is 5.92 Å². The van der Waals surface area contributed by atoms with Crippen molar-refractivity contribution >= 4 is 44.1 Å². The summed E-state index contributed by atoms with van der Waals surface area (Å²) >= 11 is 0. The second-order valence-corrected chi connectivity index (χ2v) is 8.57. The summed E-state index contributed by atoms with van der Waals surface area (Å²) in [6, 6.07) is 19.3. The number of para-hydroxylation sites is 2. The summed E-state index contributed by atoms with van der Waals surface area (Å²) in [5, 5.41) is 2.35. The van der Waals surface area contributed by atoms with E-state index < -0.39 is 0 Å². The Balaban J connectivity index is 1.71. The standard InChI is InChI=1S/C28H25N3/c1-2-3-9-19-10-6-11-20(18-19)21-12-7-16-25-26(21)27-22(13-8-17-29-27)28-30-23-14-4-5-15-24(23)31(25)28/h2,4-5,7-8,12-19H,1,3,6,9-11H2. The molecule has 3 nitrogen and oxygen atoms in total. The van der Waals surface area contributed by atoms with Crippen LogP contribution in [0.1, 0.15) is 37.7 Å². The smallest absolute Gasteiger partial charge is 0.147 e. The second kappa shape index (κ2) is 7.35. The van der Waals surface area contributed by atoms with Crippen LogP contribution in [0.15, 0.2) is 79.5 Å². The molecular formula is C28H25N3. The highest BCUT2D eigenvalue weighted by molar-refractivity contribution is 6.15. The van der Waals surface area contributed by atoms with Gasteiger partial charge >= 0.3 is 0 Å². The van der Waals surface area contributed by atoms with Gasteiger partial charge in [0.1, 0.15) is 5.65 Å². The summed E-state index contributed by atoms with van der Waals surface area (Å²) in [7, 11) is 0. The number of benzene rings is 2. The van der Waals surface area contributed by atoms with E-state index in [1.807, 2.05) is 18.3 Å². The van der Waals surface area contributed by atoms with Crippen molar-refractivity contribution < 1.29 is 0 Å². The van der Waals surface area contributed by atoms with Gasteiger partial charge in [0.15, 0.2) is 0 Å². The van der Waals surface area contributed by atoms with E-state index in [1.54, 1.807) is 0 Å². The zero-order valence-corrected chi connectivity index (χ0v) is 17.6. The Morgan fingerprint density at radius 1 is 1.03 bits per heavy atom. The van der Waals surface area contributed by atoms with Gasteiger partial charge in [-0.3, -0.25) is 9.38 Å². The predicted molar refractivity (Wildman–Crippen MR) is 130 cm³/mol. The van der Waals surface area contributed by atoms with Crippen LogP contribution in [0.3, 0.4) is 0 Å². The number of fused-ring (bicyclic) bond motifs is 8. The van der Waals surface area contributed by atoms with E-state index in [0.717, 1.165) is 40.4 Å². The topological polar surface area (TPSA) is 30.2 Å². The lowest BCUT2D eigenvalue weighted by Gasteiger charge is -2.22. The molecule has 0 aliphatic heterocycles. The van der Waals surface area contributed by atoms with Crippen molar-refractivity contribution in [2.75, 3.05) is 0 Å². The monoisotopic (exact) mass is 403 g/mol. The molecule has 31 heavy (non-hydrogen) atoms. The van der Waals surface area contributed by atoms with E-state index in [0.29, 0.717) is 5.92 Å². The summed E-state index contributed by atoms with van der Waals surface area (Å²) in [6.45, 7) is 3.91. The molecule has 6 rings (SSSR count). The number of imidazole rings is 1. The molecule has 3 heteroatoms. The third-order valence-electron chi connectivity index (χ3n) is 6.68. The van der Waals surface area contributed by atoms with Crippen LogP contribution in [-0.4, -0.2) is 14.4 Å². The third-order valence-corrected chi connectivity index (χ3v) is 6.68. The van der Waals surface area contributed by atoms with Crippen LogP contribution in [0.25, 0.3) is 44.1 Å². The minimum Gasteiger partial charge on any atom is -0.292 e. The molecule has 3 heterocycles. The fourth-order valence-corrected chi connectivity index (χ4v) is 5.27. The number of hydrogen-bond donors (Lipinski definition) is 0. The molecule has 0 saturated carbocycles. The maximum atomic E-state index is 4.98. The highest BCUT2D eigenvalue weighted by Gasteiger charge is 2.20. The van der Waals surface area contributed by atoms with Gasteiger partial charge in [-0.2, -0.15) is 0 Å². The van der Waals surface area contributed by atoms with Crippen molar-refractivity contribution in [1.82, 2.24) is 14.4 Å². The highest BCUT2D eigenvalue weighted by atomic mass is 15.0. The van der Waals surface area contributed by atoms with Crippen LogP contribution in [0.4, 0.5) is 0 Å². The van der Waals surface area contributed by atoms with E-state index >= 15 is 0 Å². The zero-order valence-electron chi connectivity index (χ0n) is 17.6. The second-order valence-electron chi connectivity index (χ2n) is 8.57. The van der Waals surface area contributed by atoms with Crippen molar-refractivity contribution in [2.45, 2.75) is 32.1 Å². The number of hydrogen-bond acceptors (Lipinski definition) is 2. The third kappa shape index (κ3) is 2.88. The molecule has 0 radical (unpaired) electrons. The molecule has 1 atom stereocenters. The number of nitrogens with zero attached hydrogens (tertiary/aromatic N) is 3. The largest absolute Gasteiger partial charge is 0.292 e. The molecule has 0 fully saturated rings. The summed E-state index contributed by atoms with van der Waals surface area (Å²) in [5.41, 5.74) is 8.16. The molecular weight excluding hydrogens is 378 g/mol. The summed E-state index contributed by atoms with van der Waals surface area (Å²) in [6.07, 6.45) is 12.4. The van der Waals surface area contributed by atoms with Gasteiger partial charge in [0.2, 0.25) is 0 Å². The number of allylic oxidation sites excluding steroid dienone is 3. The molecule has 0 bridgehead atoms. The van der Waals surface area contributed by atoms with Crippen molar-refractivity contribution in [1.29, 1.82) is 0 Å². The number of pyridine rings is 2. The molecule has 0 N–H and O–H groups in total. The van der Waals surface area contributed by atoms with Crippen molar-refractivity contribution in [3.05, 3.63) is 85.1 Å². The quantitative estimate of drug-likeness (QED) is 0.232. The molecule has 0 amide bonds. The minimum absolute atomic E-state index is 0.633. The van der Waals surface area contributed by atoms with Gasteiger partial charge in [0, 0.05) is 17.0 Å². The molecule has 1 aliphatic rings. The lowest BCUT2D eigenvalue weighted by Crippen LogP contribution is -2.05. The van der Waals surface area contributed by atoms with Crippen molar-refractivity contribution in [3.63, 3.8) is 0 Å². The van der Waals surface area contributed by atoms with Crippen LogP contribution in [-0.2, 0) is 0 Å². The minimum atomic E-state index is 0.633. The van der Waals surface area contributed by atoms with Crippen LogP contribution >= 0.6 is 0 Å². The maximum Gasteiger partial charge on any atom is 0.147 e. The Hall–Kier alpha value is -3.46. The average molecular weight is 404 g/mol. The first-order valence-corrected chi connectivity index (χ1v) is 11.2. The number of aromatic nitrogens is 3. The fraction of sp³-hybridized carbons (Fsp3) is 0.214. The van der Waals surface area contributed by atoms with E-state index in [4.69, 9.17) is 9.97 Å². The lowest BCUT2D eigenvalue weighted by atomic mass is 9.83. The summed E-state index contributed by atoms with van der Waals surface area (Å²) in [4.78, 5) is 9.84. The summed E-state index contributed by atoms with van der Waals surface area (Å²) < 4.78 is 2.32. The summed E-state index contributed by atoms with van der Waals surface area (Å²) in [5.74, 6) is 0.633. The first-order valence-electron chi connectivity index (χ1n) is 11.2. The Labute approximate surface area is 181 Å². The number of rotatable bonds is 4. The predicted octanol–water partition coefficient (Wildman–Crippen LogP) is 7.34. The molecule has 152 valence electrons. The van der Waals surface area contributed by atoms with Crippen LogP contribution in [0.2, 0.25) is 0 Å². The van der Waals surface area contributed by atoms with Gasteiger partial charge in [0.05, 0.1) is 22.1 Å². The maximum absolute atomic E-state index is 4.98. The zero-order chi connectivity index (χ0) is 20.8. The highest BCUT2D eigenvalue weighted by Crippen LogP contribution is 2.39. The van der Waals surface area contributed by atoms with Crippen molar-refractivity contribution in [3.8, 4) is 0 Å². The normalized spacial score (nSPS) is 16.9. The Kier molecular flexibility index (Phi) is 4.34. The Bertz CT molecular complexity index is 1490. The average Bonchev–Trinajstić information content (AvgIpc) is 3.23. The van der Waals surface area contributed by atoms with E-state index in [9.17, 15) is 0 Å². The molecule has 0 saturated heterocycles. The first-order chi connectivity index (χ1) is 15.3. The van der Waals surface area contributed by atoms with Gasteiger partial charge in [-0.25, -0.2) is 4.98 Å². The van der Waals surface area contributed by atoms with Gasteiger partial charge in [-0.15, -0.1) is 6.58 Å². The van der Waals surface area contributed by atoms with Crippen LogP contribution in [0.5, 0.6) is 0 Å². The SMILES string of the molecule is C=CCCC1C=C(c2cccc3c2c2ncccc2c2nc4ccccc4n32)CCC1. The van der Waals surface area contributed by atoms with Crippen LogP contribution in [0, 0.1) is 5.92 Å². The molecule has 5 aromatic rings. The Morgan fingerprint density at radius 3 is 2.87 bits per heavy atom. The van der Waals surface area contributed by atoms with E-state index in [2.05, 4.69) is 65.6 Å². The fourth-order valence-electron chi connectivity index (χ4n) is 5.27. The molecule has 3 aromatic heterocycles. The first kappa shape index (κ1) is 18.3. The van der Waals surface area contributed by atoms with Gasteiger partial charge in [0.25, 0.3) is 0 Å². The van der Waals surface area contributed by atoms with Crippen LogP contribution < -0.4 is 0 Å². The van der Waals surface area contributed by atoms with E-state index in [1.165, 1.54) is 41.3 Å².